The van der Waals surface area contributed by atoms with Gasteiger partial charge in [0, 0.05) is 0 Å². The highest BCUT2D eigenvalue weighted by Gasteiger charge is 2.29. The van der Waals surface area contributed by atoms with Gasteiger partial charge in [0.25, 0.3) is 0 Å². The minimum Gasteiger partial charge on any atom is -0.469 e. The van der Waals surface area contributed by atoms with Crippen LogP contribution in [0.25, 0.3) is 0 Å². The highest BCUT2D eigenvalue weighted by molar-refractivity contribution is 9.11. The van der Waals surface area contributed by atoms with Gasteiger partial charge in [-0.25, -0.2) is 0 Å². The molecular formula is C7H9BrO2. The predicted molar refractivity (Wildman–Crippen MR) is 41.8 cm³/mol. The minimum atomic E-state index is -0.0851. The molecule has 0 unspecified atom stereocenters. The van der Waals surface area contributed by atoms with E-state index in [1.54, 1.807) is 0 Å². The van der Waals surface area contributed by atoms with Crippen molar-refractivity contribution < 1.29 is 9.53 Å². The molecule has 0 spiro atoms. The number of halogens is 1. The van der Waals surface area contributed by atoms with Crippen molar-refractivity contribution in [3.05, 3.63) is 10.6 Å². The average molecular weight is 205 g/mol. The van der Waals surface area contributed by atoms with Crippen molar-refractivity contribution >= 4 is 21.9 Å². The molecule has 1 fully saturated rings. The van der Waals surface area contributed by atoms with E-state index in [-0.39, 0.29) is 11.9 Å². The minimum absolute atomic E-state index is 0.0851. The molecule has 0 aromatic rings. The molecule has 0 amide bonds. The number of ether oxygens (including phenoxy) is 1. The summed E-state index contributed by atoms with van der Waals surface area (Å²) in [4.78, 5) is 12.7. The maximum atomic E-state index is 10.8. The summed E-state index contributed by atoms with van der Waals surface area (Å²) in [6.07, 6.45) is 1.72. The van der Waals surface area contributed by atoms with Crippen molar-refractivity contribution in [2.45, 2.75) is 12.8 Å². The third-order valence-corrected chi connectivity index (χ3v) is 2.35. The second-order valence-electron chi connectivity index (χ2n) is 2.40. The molecule has 0 radical (unpaired) electrons. The number of carbonyl (C=O) groups excluding carboxylic acids is 1. The lowest BCUT2D eigenvalue weighted by molar-refractivity contribution is -0.146. The average Bonchev–Trinajstić information content (AvgIpc) is 1.85. The topological polar surface area (TPSA) is 26.3 Å². The second kappa shape index (κ2) is 3.19. The smallest absolute Gasteiger partial charge is 0.309 e. The van der Waals surface area contributed by atoms with Crippen molar-refractivity contribution in [3.63, 3.8) is 0 Å². The van der Waals surface area contributed by atoms with Crippen molar-refractivity contribution in [2.75, 3.05) is 7.11 Å². The van der Waals surface area contributed by atoms with E-state index in [0.29, 0.717) is 0 Å². The largest absolute Gasteiger partial charge is 0.469 e. The molecule has 3 heteroatoms. The molecule has 1 saturated carbocycles. The Kier molecular flexibility index (Phi) is 2.49. The van der Waals surface area contributed by atoms with Crippen LogP contribution in [0.5, 0.6) is 0 Å². The van der Waals surface area contributed by atoms with Gasteiger partial charge in [0.15, 0.2) is 0 Å². The third-order valence-electron chi connectivity index (χ3n) is 1.71. The first kappa shape index (κ1) is 7.79. The lowest BCUT2D eigenvalue weighted by Gasteiger charge is -2.25. The molecule has 1 rings (SSSR count). The van der Waals surface area contributed by atoms with E-state index in [1.165, 1.54) is 12.7 Å². The Bertz CT molecular complexity index is 166. The Labute approximate surface area is 68.4 Å². The monoisotopic (exact) mass is 204 g/mol. The fraction of sp³-hybridized carbons (Fsp3) is 0.571. The number of hydrogen-bond donors (Lipinski definition) is 0. The Hall–Kier alpha value is -0.310. The molecule has 0 bridgehead atoms. The molecule has 0 saturated heterocycles. The summed E-state index contributed by atoms with van der Waals surface area (Å²) in [6, 6.07) is 0. The van der Waals surface area contributed by atoms with Crippen LogP contribution in [0.2, 0.25) is 0 Å². The van der Waals surface area contributed by atoms with Crippen LogP contribution in [0.15, 0.2) is 10.6 Å². The first-order valence-electron chi connectivity index (χ1n) is 3.14. The van der Waals surface area contributed by atoms with Gasteiger partial charge < -0.3 is 4.74 Å². The Morgan fingerprint density at radius 1 is 1.80 bits per heavy atom. The molecular weight excluding hydrogens is 196 g/mol. The first-order valence-corrected chi connectivity index (χ1v) is 4.05. The second-order valence-corrected chi connectivity index (χ2v) is 2.85. The van der Waals surface area contributed by atoms with Crippen LogP contribution in [0.4, 0.5) is 0 Å². The molecule has 10 heavy (non-hydrogen) atoms. The third kappa shape index (κ3) is 1.40. The zero-order chi connectivity index (χ0) is 7.56. The summed E-state index contributed by atoms with van der Waals surface area (Å²) >= 11 is 3.21. The lowest BCUT2D eigenvalue weighted by atomic mass is 9.81. The van der Waals surface area contributed by atoms with E-state index < -0.39 is 0 Å². The van der Waals surface area contributed by atoms with Crippen LogP contribution in [-0.4, -0.2) is 13.1 Å². The summed E-state index contributed by atoms with van der Waals surface area (Å²) in [5.74, 6) is 0.0342. The van der Waals surface area contributed by atoms with Crippen molar-refractivity contribution in [2.24, 2.45) is 5.92 Å². The molecule has 0 aliphatic heterocycles. The fourth-order valence-corrected chi connectivity index (χ4v) is 1.37. The van der Waals surface area contributed by atoms with Crippen LogP contribution in [0, 0.1) is 5.92 Å². The summed E-state index contributed by atoms with van der Waals surface area (Å²) in [6.45, 7) is 0. The molecule has 0 N–H and O–H groups in total. The van der Waals surface area contributed by atoms with Gasteiger partial charge in [-0.15, -0.1) is 0 Å². The van der Waals surface area contributed by atoms with E-state index in [1.807, 2.05) is 4.99 Å². The molecule has 1 aliphatic carbocycles. The Morgan fingerprint density at radius 2 is 2.40 bits per heavy atom. The summed E-state index contributed by atoms with van der Waals surface area (Å²) < 4.78 is 4.57. The van der Waals surface area contributed by atoms with E-state index in [0.717, 1.165) is 12.8 Å². The number of methoxy groups -OCH3 is 1. The van der Waals surface area contributed by atoms with Gasteiger partial charge in [0.05, 0.1) is 13.0 Å². The quantitative estimate of drug-likeness (QED) is 0.610. The van der Waals surface area contributed by atoms with Gasteiger partial charge in [-0.05, 0) is 17.8 Å². The number of allylic oxidation sites excluding steroid dienone is 1. The number of esters is 1. The maximum Gasteiger partial charge on any atom is 0.309 e. The number of carbonyl (C=O) groups is 1. The summed E-state index contributed by atoms with van der Waals surface area (Å²) in [5.41, 5.74) is 1.29. The van der Waals surface area contributed by atoms with Gasteiger partial charge in [-0.3, -0.25) is 4.79 Å². The molecule has 0 aromatic heterocycles. The fourth-order valence-electron chi connectivity index (χ4n) is 0.996. The predicted octanol–water partition coefficient (Wildman–Crippen LogP) is 1.85. The summed E-state index contributed by atoms with van der Waals surface area (Å²) in [5, 5.41) is 0. The molecule has 0 heterocycles. The number of hydrogen-bond acceptors (Lipinski definition) is 2. The van der Waals surface area contributed by atoms with Gasteiger partial charge in [0.1, 0.15) is 0 Å². The van der Waals surface area contributed by atoms with Crippen molar-refractivity contribution in [1.29, 1.82) is 0 Å². The zero-order valence-corrected chi connectivity index (χ0v) is 7.35. The van der Waals surface area contributed by atoms with Crippen molar-refractivity contribution in [3.8, 4) is 0 Å². The highest BCUT2D eigenvalue weighted by Crippen LogP contribution is 2.34. The standard InChI is InChI=1S/C7H9BrO2/c1-10-7(9)6-2-5(3-6)4-8/h4,6H,2-3H2,1H3. The zero-order valence-electron chi connectivity index (χ0n) is 5.76. The van der Waals surface area contributed by atoms with Crippen LogP contribution in [0.1, 0.15) is 12.8 Å². The van der Waals surface area contributed by atoms with Crippen LogP contribution in [0.3, 0.4) is 0 Å². The van der Waals surface area contributed by atoms with Gasteiger partial charge in [-0.1, -0.05) is 21.5 Å². The Balaban J connectivity index is 2.32. The summed E-state index contributed by atoms with van der Waals surface area (Å²) in [7, 11) is 1.43. The van der Waals surface area contributed by atoms with E-state index >= 15 is 0 Å². The molecule has 0 atom stereocenters. The molecule has 2 nitrogen and oxygen atoms in total. The molecule has 0 aromatic carbocycles. The first-order chi connectivity index (χ1) is 4.77. The number of rotatable bonds is 1. The van der Waals surface area contributed by atoms with E-state index in [9.17, 15) is 4.79 Å². The lowest BCUT2D eigenvalue weighted by Crippen LogP contribution is -2.24. The van der Waals surface area contributed by atoms with Gasteiger partial charge >= 0.3 is 5.97 Å². The van der Waals surface area contributed by atoms with Crippen LogP contribution in [-0.2, 0) is 9.53 Å². The Morgan fingerprint density at radius 3 is 2.80 bits per heavy atom. The SMILES string of the molecule is COC(=O)C1CC(=CBr)C1. The molecule has 1 aliphatic rings. The highest BCUT2D eigenvalue weighted by atomic mass is 79.9. The van der Waals surface area contributed by atoms with Gasteiger partial charge in [-0.2, -0.15) is 0 Å². The van der Waals surface area contributed by atoms with Crippen LogP contribution >= 0.6 is 15.9 Å². The maximum absolute atomic E-state index is 10.8. The molecule has 56 valence electrons. The van der Waals surface area contributed by atoms with Gasteiger partial charge in [0.2, 0.25) is 0 Å². The van der Waals surface area contributed by atoms with Crippen LogP contribution < -0.4 is 0 Å². The normalized spacial score (nSPS) is 23.4. The van der Waals surface area contributed by atoms with E-state index in [4.69, 9.17) is 0 Å². The van der Waals surface area contributed by atoms with Crippen molar-refractivity contribution in [1.82, 2.24) is 0 Å². The van der Waals surface area contributed by atoms with E-state index in [2.05, 4.69) is 20.7 Å².